The molecule has 0 atom stereocenters. The first-order chi connectivity index (χ1) is 20.3. The van der Waals surface area contributed by atoms with E-state index in [0.717, 1.165) is 0 Å². The lowest BCUT2D eigenvalue weighted by Gasteiger charge is -2.15. The van der Waals surface area contributed by atoms with E-state index in [2.05, 4.69) is 39.0 Å². The molecule has 0 nitrogen and oxygen atoms in total. The molecule has 240 valence electrons. The second-order valence-electron chi connectivity index (χ2n) is 13.5. The first kappa shape index (κ1) is 38.2. The molecule has 0 heteroatoms. The molecule has 0 radical (unpaired) electrons. The normalized spacial score (nSPS) is 11.5. The average molecular weight is 569 g/mol. The van der Waals surface area contributed by atoms with Gasteiger partial charge in [-0.2, -0.15) is 0 Å². The van der Waals surface area contributed by atoms with Crippen molar-refractivity contribution in [3.8, 4) is 0 Å². The minimum atomic E-state index is 1.28. The van der Waals surface area contributed by atoms with Gasteiger partial charge in [-0.3, -0.25) is 0 Å². The Hall–Kier alpha value is -0.780. The van der Waals surface area contributed by atoms with Crippen LogP contribution >= 0.6 is 0 Å². The summed E-state index contributed by atoms with van der Waals surface area (Å²) in [6, 6.07) is 7.25. The Morgan fingerprint density at radius 1 is 0.293 bits per heavy atom. The molecule has 1 aromatic rings. The molecule has 0 fully saturated rings. The summed E-state index contributed by atoms with van der Waals surface area (Å²) in [5.41, 5.74) is 5.07. The van der Waals surface area contributed by atoms with E-state index in [4.69, 9.17) is 0 Å². The van der Waals surface area contributed by atoms with Crippen LogP contribution in [-0.4, -0.2) is 0 Å². The van der Waals surface area contributed by atoms with Crippen LogP contribution in [0.15, 0.2) is 18.2 Å². The van der Waals surface area contributed by atoms with Gasteiger partial charge < -0.3 is 0 Å². The van der Waals surface area contributed by atoms with Gasteiger partial charge in [-0.15, -0.1) is 0 Å². The fraction of sp³-hybridized carbons (Fsp3) is 0.854. The van der Waals surface area contributed by atoms with Crippen molar-refractivity contribution in [3.63, 3.8) is 0 Å². The van der Waals surface area contributed by atoms with Crippen LogP contribution < -0.4 is 0 Å². The fourth-order valence-electron chi connectivity index (χ4n) is 6.75. The van der Waals surface area contributed by atoms with Crippen molar-refractivity contribution in [2.24, 2.45) is 0 Å². The number of rotatable bonds is 32. The molecule has 0 unspecified atom stereocenters. The fourth-order valence-corrected chi connectivity index (χ4v) is 6.75. The maximum absolute atomic E-state index is 2.45. The summed E-state index contributed by atoms with van der Waals surface area (Å²) in [7, 11) is 0. The molecular weight excluding hydrogens is 492 g/mol. The predicted octanol–water partition coefficient (Wildman–Crippen LogP) is 14.7. The lowest BCUT2D eigenvalue weighted by Crippen LogP contribution is -2.01. The topological polar surface area (TPSA) is 0 Å². The van der Waals surface area contributed by atoms with Crippen molar-refractivity contribution in [3.05, 3.63) is 34.9 Å². The highest BCUT2D eigenvalue weighted by molar-refractivity contribution is 5.36. The summed E-state index contributed by atoms with van der Waals surface area (Å²) < 4.78 is 0. The smallest absolute Gasteiger partial charge is 0.0276 e. The van der Waals surface area contributed by atoms with E-state index in [0.29, 0.717) is 0 Å². The van der Waals surface area contributed by atoms with Crippen molar-refractivity contribution in [1.82, 2.24) is 0 Å². The van der Waals surface area contributed by atoms with Gasteiger partial charge >= 0.3 is 0 Å². The van der Waals surface area contributed by atoms with E-state index >= 15 is 0 Å². The lowest BCUT2D eigenvalue weighted by atomic mass is 9.91. The third-order valence-electron chi connectivity index (χ3n) is 9.47. The van der Waals surface area contributed by atoms with Gasteiger partial charge in [-0.1, -0.05) is 212 Å². The van der Waals surface area contributed by atoms with Crippen LogP contribution in [0.5, 0.6) is 0 Å². The molecule has 1 aromatic carbocycles. The highest BCUT2D eigenvalue weighted by Crippen LogP contribution is 2.23. The number of benzene rings is 1. The Labute approximate surface area is 260 Å². The van der Waals surface area contributed by atoms with Gasteiger partial charge in [0.15, 0.2) is 0 Å². The SMILES string of the molecule is CCCCCCCCCCCCCCCCc1cccc(CCCCCCCCCCCCCCCC)c1CCC. The van der Waals surface area contributed by atoms with E-state index in [1.165, 1.54) is 205 Å². The molecule has 0 saturated carbocycles. The summed E-state index contributed by atoms with van der Waals surface area (Å²) >= 11 is 0. The average Bonchev–Trinajstić information content (AvgIpc) is 2.98. The minimum absolute atomic E-state index is 1.28. The maximum atomic E-state index is 2.45. The molecular formula is C41H76. The van der Waals surface area contributed by atoms with E-state index in [1.807, 2.05) is 0 Å². The van der Waals surface area contributed by atoms with Gasteiger partial charge in [0, 0.05) is 0 Å². The number of hydrogen-bond acceptors (Lipinski definition) is 0. The molecule has 0 aliphatic rings. The van der Waals surface area contributed by atoms with E-state index in [-0.39, 0.29) is 0 Å². The van der Waals surface area contributed by atoms with E-state index < -0.39 is 0 Å². The largest absolute Gasteiger partial charge is 0.0654 e. The molecule has 0 amide bonds. The summed E-state index contributed by atoms with van der Waals surface area (Å²) in [5.74, 6) is 0. The predicted molar refractivity (Wildman–Crippen MR) is 188 cm³/mol. The molecule has 0 heterocycles. The summed E-state index contributed by atoms with van der Waals surface area (Å²) in [5, 5.41) is 0. The van der Waals surface area contributed by atoms with E-state index in [9.17, 15) is 0 Å². The molecule has 0 aromatic heterocycles. The van der Waals surface area contributed by atoms with Crippen LogP contribution in [0, 0.1) is 0 Å². The third kappa shape index (κ3) is 23.4. The van der Waals surface area contributed by atoms with Crippen LogP contribution in [0.2, 0.25) is 0 Å². The maximum Gasteiger partial charge on any atom is -0.0276 e. The highest BCUT2D eigenvalue weighted by Gasteiger charge is 2.08. The van der Waals surface area contributed by atoms with E-state index in [1.54, 1.807) is 16.7 Å². The van der Waals surface area contributed by atoms with Crippen LogP contribution in [0.1, 0.15) is 224 Å². The minimum Gasteiger partial charge on any atom is -0.0654 e. The number of hydrogen-bond donors (Lipinski definition) is 0. The monoisotopic (exact) mass is 569 g/mol. The second-order valence-corrected chi connectivity index (χ2v) is 13.5. The molecule has 41 heavy (non-hydrogen) atoms. The van der Waals surface area contributed by atoms with Crippen molar-refractivity contribution >= 4 is 0 Å². The van der Waals surface area contributed by atoms with Crippen LogP contribution in [0.4, 0.5) is 0 Å². The van der Waals surface area contributed by atoms with Crippen LogP contribution in [0.25, 0.3) is 0 Å². The zero-order valence-corrected chi connectivity index (χ0v) is 28.9. The standard InChI is InChI=1S/C41H76/c1-4-7-9-11-13-15-17-19-21-23-25-27-29-31-35-39-37-33-38-40(41(39)34-6-3)36-32-30-28-26-24-22-20-18-16-14-12-10-8-5-2/h33,37-38H,4-32,34-36H2,1-3H3. The Kier molecular flexibility index (Phi) is 28.6. The Bertz CT molecular complexity index is 593. The van der Waals surface area contributed by atoms with Crippen molar-refractivity contribution in [1.29, 1.82) is 0 Å². The molecule has 0 N–H and O–H groups in total. The molecule has 0 bridgehead atoms. The Morgan fingerprint density at radius 2 is 0.561 bits per heavy atom. The zero-order valence-electron chi connectivity index (χ0n) is 28.9. The van der Waals surface area contributed by atoms with Gasteiger partial charge in [0.05, 0.1) is 0 Å². The Morgan fingerprint density at radius 3 is 0.829 bits per heavy atom. The first-order valence-corrected chi connectivity index (χ1v) is 19.4. The van der Waals surface area contributed by atoms with Crippen LogP contribution in [0.3, 0.4) is 0 Å². The third-order valence-corrected chi connectivity index (χ3v) is 9.47. The first-order valence-electron chi connectivity index (χ1n) is 19.4. The Balaban J connectivity index is 2.08. The number of unbranched alkanes of at least 4 members (excludes halogenated alkanes) is 26. The summed E-state index contributed by atoms with van der Waals surface area (Å²) in [4.78, 5) is 0. The van der Waals surface area contributed by atoms with Gasteiger partial charge in [0.25, 0.3) is 0 Å². The molecule has 0 aliphatic heterocycles. The highest BCUT2D eigenvalue weighted by atomic mass is 14.1. The molecule has 0 spiro atoms. The molecule has 0 aliphatic carbocycles. The summed E-state index contributed by atoms with van der Waals surface area (Å²) in [6.07, 6.45) is 45.7. The van der Waals surface area contributed by atoms with Crippen molar-refractivity contribution in [2.45, 2.75) is 226 Å². The number of aryl methyl sites for hydroxylation is 2. The lowest BCUT2D eigenvalue weighted by molar-refractivity contribution is 0.535. The van der Waals surface area contributed by atoms with Gasteiger partial charge in [-0.05, 0) is 48.8 Å². The molecule has 0 saturated heterocycles. The van der Waals surface area contributed by atoms with Gasteiger partial charge in [0.2, 0.25) is 0 Å². The van der Waals surface area contributed by atoms with Gasteiger partial charge in [0.1, 0.15) is 0 Å². The van der Waals surface area contributed by atoms with Gasteiger partial charge in [-0.25, -0.2) is 0 Å². The van der Waals surface area contributed by atoms with Crippen molar-refractivity contribution < 1.29 is 0 Å². The zero-order chi connectivity index (χ0) is 29.5. The summed E-state index contributed by atoms with van der Waals surface area (Å²) in [6.45, 7) is 6.98. The quantitative estimate of drug-likeness (QED) is 0.0758. The van der Waals surface area contributed by atoms with Crippen LogP contribution in [-0.2, 0) is 19.3 Å². The molecule has 1 rings (SSSR count). The second kappa shape index (κ2) is 30.7. The van der Waals surface area contributed by atoms with Crippen molar-refractivity contribution in [2.75, 3.05) is 0 Å².